The van der Waals surface area contributed by atoms with Gasteiger partial charge in [-0.3, -0.25) is 14.9 Å². The zero-order valence-electron chi connectivity index (χ0n) is 24.1. The smallest absolute Gasteiger partial charge is 0.355 e. The summed E-state index contributed by atoms with van der Waals surface area (Å²) in [5.74, 6) is 1.10. The number of hydrogen-bond donors (Lipinski definition) is 0. The number of hydrogen-bond acceptors (Lipinski definition) is 8. The summed E-state index contributed by atoms with van der Waals surface area (Å²) in [7, 11) is 0. The Morgan fingerprint density at radius 1 is 1.12 bits per heavy atom. The minimum absolute atomic E-state index is 0.0319. The normalized spacial score (nSPS) is 17.7. The number of halogens is 1. The molecule has 1 saturated heterocycles. The molecule has 6 rings (SSSR count). The quantitative estimate of drug-likeness (QED) is 0.306. The van der Waals surface area contributed by atoms with Crippen molar-refractivity contribution in [1.29, 1.82) is 0 Å². The third kappa shape index (κ3) is 4.48. The number of rotatable bonds is 5. The van der Waals surface area contributed by atoms with E-state index in [2.05, 4.69) is 47.1 Å². The van der Waals surface area contributed by atoms with Crippen molar-refractivity contribution in [3.8, 4) is 22.7 Å². The first-order valence-electron chi connectivity index (χ1n) is 14.0. The van der Waals surface area contributed by atoms with Crippen LogP contribution >= 0.6 is 11.6 Å². The predicted octanol–water partition coefficient (Wildman–Crippen LogP) is 5.09. The van der Waals surface area contributed by atoms with E-state index in [1.807, 2.05) is 32.1 Å². The molecule has 0 N–H and O–H groups in total. The molecule has 6 heterocycles. The van der Waals surface area contributed by atoms with Crippen molar-refractivity contribution < 1.29 is 4.74 Å². The Kier molecular flexibility index (Phi) is 7.03. The summed E-state index contributed by atoms with van der Waals surface area (Å²) in [5.41, 5.74) is 4.66. The fourth-order valence-corrected chi connectivity index (χ4v) is 6.19. The summed E-state index contributed by atoms with van der Waals surface area (Å²) < 4.78 is 8.15. The summed E-state index contributed by atoms with van der Waals surface area (Å²) in [6.45, 7) is 16.8. The Morgan fingerprint density at radius 3 is 2.63 bits per heavy atom. The lowest BCUT2D eigenvalue weighted by Gasteiger charge is -2.42. The number of pyridine rings is 3. The summed E-state index contributed by atoms with van der Waals surface area (Å²) in [5, 5.41) is 1.01. The third-order valence-corrected chi connectivity index (χ3v) is 8.60. The van der Waals surface area contributed by atoms with Crippen molar-refractivity contribution in [3.05, 3.63) is 75.7 Å². The molecule has 212 valence electrons. The number of aromatic nitrogens is 5. The van der Waals surface area contributed by atoms with E-state index in [1.165, 1.54) is 0 Å². The first-order chi connectivity index (χ1) is 19.7. The predicted molar refractivity (Wildman–Crippen MR) is 163 cm³/mol. The molecule has 0 spiro atoms. The van der Waals surface area contributed by atoms with Crippen LogP contribution < -0.4 is 15.3 Å². The van der Waals surface area contributed by atoms with Gasteiger partial charge in [-0.1, -0.05) is 31.5 Å². The van der Waals surface area contributed by atoms with Crippen molar-refractivity contribution in [2.75, 3.05) is 31.1 Å². The molecule has 10 heteroatoms. The Bertz CT molecular complexity index is 1730. The summed E-state index contributed by atoms with van der Waals surface area (Å²) in [4.78, 5) is 37.5. The van der Waals surface area contributed by atoms with Gasteiger partial charge in [0.2, 0.25) is 0 Å². The molecule has 0 radical (unpaired) electrons. The lowest BCUT2D eigenvalue weighted by molar-refractivity contribution is 0.165. The lowest BCUT2D eigenvalue weighted by Crippen LogP contribution is -2.57. The first-order valence-corrected chi connectivity index (χ1v) is 14.4. The molecule has 0 saturated carbocycles. The fraction of sp³-hybridized carbons (Fsp3) is 0.387. The molecule has 1 unspecified atom stereocenters. The molecule has 0 aliphatic carbocycles. The Morgan fingerprint density at radius 2 is 1.90 bits per heavy atom. The van der Waals surface area contributed by atoms with Gasteiger partial charge in [0.15, 0.2) is 11.4 Å². The van der Waals surface area contributed by atoms with Gasteiger partial charge in [0.1, 0.15) is 22.8 Å². The maximum atomic E-state index is 14.1. The van der Waals surface area contributed by atoms with Crippen molar-refractivity contribution in [1.82, 2.24) is 29.4 Å². The molecule has 4 aromatic heterocycles. The molecule has 2 atom stereocenters. The van der Waals surface area contributed by atoms with Crippen LogP contribution in [0, 0.1) is 13.8 Å². The molecule has 41 heavy (non-hydrogen) atoms. The fourth-order valence-electron chi connectivity index (χ4n) is 5.90. The number of piperazine rings is 1. The average Bonchev–Trinajstić information content (AvgIpc) is 3.12. The topological polar surface area (TPSA) is 89.3 Å². The minimum Gasteiger partial charge on any atom is -0.489 e. The number of nitrogens with zero attached hydrogens (tertiary/aromatic N) is 7. The molecule has 0 bridgehead atoms. The van der Waals surface area contributed by atoms with Crippen LogP contribution in [-0.4, -0.2) is 67.7 Å². The van der Waals surface area contributed by atoms with E-state index >= 15 is 0 Å². The van der Waals surface area contributed by atoms with Gasteiger partial charge in [-0.05, 0) is 49.9 Å². The number of fused-ring (bicyclic) bond motifs is 2. The first kappa shape index (κ1) is 27.4. The highest BCUT2D eigenvalue weighted by Crippen LogP contribution is 2.45. The van der Waals surface area contributed by atoms with Crippen LogP contribution in [0.1, 0.15) is 43.5 Å². The van der Waals surface area contributed by atoms with E-state index in [0.29, 0.717) is 52.2 Å². The van der Waals surface area contributed by atoms with Gasteiger partial charge in [0.25, 0.3) is 0 Å². The van der Waals surface area contributed by atoms with E-state index in [1.54, 1.807) is 23.2 Å². The zero-order valence-corrected chi connectivity index (χ0v) is 24.8. The Hall–Kier alpha value is -3.82. The highest BCUT2D eigenvalue weighted by atomic mass is 35.5. The van der Waals surface area contributed by atoms with Gasteiger partial charge >= 0.3 is 5.69 Å². The van der Waals surface area contributed by atoms with E-state index in [4.69, 9.17) is 26.3 Å². The standard InChI is InChI=1S/C31H34ClN7O2/c1-7-20(6)37-12-13-38-21(15-37)16-41-28-23-29(38)36-31(40)39(27-19(5)9-11-34-25(27)17(2)3)30(23)35-26(24(28)32)22-14-33-10-8-18(22)4/h7-11,14,17,20-21H,1,12-13,15-16H2,2-6H3/t20?,21-/m0/s1. The largest absolute Gasteiger partial charge is 0.489 e. The van der Waals surface area contributed by atoms with Gasteiger partial charge in [-0.15, -0.1) is 6.58 Å². The van der Waals surface area contributed by atoms with Crippen LogP contribution in [0.5, 0.6) is 5.75 Å². The molecular formula is C31H34ClN7O2. The van der Waals surface area contributed by atoms with Crippen LogP contribution in [-0.2, 0) is 0 Å². The van der Waals surface area contributed by atoms with Gasteiger partial charge in [-0.25, -0.2) is 14.3 Å². The monoisotopic (exact) mass is 571 g/mol. The van der Waals surface area contributed by atoms with Crippen molar-refractivity contribution in [2.24, 2.45) is 0 Å². The van der Waals surface area contributed by atoms with Crippen LogP contribution in [0.15, 0.2) is 48.2 Å². The molecule has 1 fully saturated rings. The second-order valence-electron chi connectivity index (χ2n) is 11.2. The SMILES string of the molecule is C=CC(C)N1CCN2c3nc(=O)n(-c4c(C)ccnc4C(C)C)c4nc(-c5cnccc5C)c(Cl)c(c34)OC[C@@H]2C1. The molecule has 0 aromatic carbocycles. The lowest BCUT2D eigenvalue weighted by atomic mass is 10.0. The third-order valence-electron chi connectivity index (χ3n) is 8.25. The van der Waals surface area contributed by atoms with Crippen molar-refractivity contribution >= 4 is 28.5 Å². The molecule has 9 nitrogen and oxygen atoms in total. The molecule has 4 aromatic rings. The second kappa shape index (κ2) is 10.5. The van der Waals surface area contributed by atoms with Gasteiger partial charge in [0, 0.05) is 49.8 Å². The minimum atomic E-state index is -0.414. The summed E-state index contributed by atoms with van der Waals surface area (Å²) in [6.07, 6.45) is 7.20. The number of ether oxygens (including phenoxy) is 1. The van der Waals surface area contributed by atoms with Crippen molar-refractivity contribution in [2.45, 2.75) is 52.6 Å². The molecule has 2 aliphatic rings. The Labute approximate surface area is 244 Å². The van der Waals surface area contributed by atoms with E-state index in [-0.39, 0.29) is 18.0 Å². The maximum absolute atomic E-state index is 14.1. The van der Waals surface area contributed by atoms with Gasteiger partial charge in [0.05, 0.1) is 23.1 Å². The van der Waals surface area contributed by atoms with Crippen LogP contribution in [0.2, 0.25) is 5.02 Å². The van der Waals surface area contributed by atoms with Crippen LogP contribution in [0.25, 0.3) is 28.0 Å². The van der Waals surface area contributed by atoms with Gasteiger partial charge < -0.3 is 9.64 Å². The number of anilines is 1. The zero-order chi connectivity index (χ0) is 29.0. The Balaban J connectivity index is 1.69. The molecule has 2 aliphatic heterocycles. The molecule has 0 amide bonds. The average molecular weight is 572 g/mol. The summed E-state index contributed by atoms with van der Waals surface area (Å²) in [6, 6.07) is 4.01. The highest BCUT2D eigenvalue weighted by molar-refractivity contribution is 6.36. The second-order valence-corrected chi connectivity index (χ2v) is 11.6. The van der Waals surface area contributed by atoms with Crippen molar-refractivity contribution in [3.63, 3.8) is 0 Å². The van der Waals surface area contributed by atoms with E-state index < -0.39 is 5.69 Å². The number of aryl methyl sites for hydroxylation is 2. The molecular weight excluding hydrogens is 538 g/mol. The van der Waals surface area contributed by atoms with Crippen LogP contribution in [0.4, 0.5) is 5.82 Å². The van der Waals surface area contributed by atoms with Crippen LogP contribution in [0.3, 0.4) is 0 Å². The van der Waals surface area contributed by atoms with E-state index in [0.717, 1.165) is 35.5 Å². The van der Waals surface area contributed by atoms with Gasteiger partial charge in [-0.2, -0.15) is 4.98 Å². The van der Waals surface area contributed by atoms with E-state index in [9.17, 15) is 4.79 Å². The maximum Gasteiger partial charge on any atom is 0.355 e. The summed E-state index contributed by atoms with van der Waals surface area (Å²) >= 11 is 7.14. The highest BCUT2D eigenvalue weighted by Gasteiger charge is 2.37.